The first kappa shape index (κ1) is 25.6. The van der Waals surface area contributed by atoms with Crippen LogP contribution in [0.15, 0.2) is 12.2 Å². The lowest BCUT2D eigenvalue weighted by Gasteiger charge is -2.35. The first-order valence-electron chi connectivity index (χ1n) is 11.5. The van der Waals surface area contributed by atoms with E-state index in [1.54, 1.807) is 0 Å². The van der Waals surface area contributed by atoms with Crippen molar-refractivity contribution in [3.05, 3.63) is 12.2 Å². The Balaban J connectivity index is 1.82. The quantitative estimate of drug-likeness (QED) is 0.253. The number of rotatable bonds is 17. The van der Waals surface area contributed by atoms with Crippen molar-refractivity contribution in [2.75, 3.05) is 19.8 Å². The van der Waals surface area contributed by atoms with E-state index in [9.17, 15) is 15.3 Å². The van der Waals surface area contributed by atoms with E-state index in [-0.39, 0.29) is 13.2 Å². The van der Waals surface area contributed by atoms with Crippen molar-refractivity contribution in [2.24, 2.45) is 0 Å². The third-order valence-electron chi connectivity index (χ3n) is 5.44. The Hall–Kier alpha value is -0.460. The van der Waals surface area contributed by atoms with Gasteiger partial charge in [0.05, 0.1) is 13.2 Å². The number of aliphatic hydroxyl groups excluding tert-OH is 3. The normalized spacial score (nSPS) is 25.6. The Morgan fingerprint density at radius 2 is 1.36 bits per heavy atom. The van der Waals surface area contributed by atoms with Crippen LogP contribution >= 0.6 is 0 Å². The molecule has 0 bridgehead atoms. The van der Waals surface area contributed by atoms with E-state index in [0.717, 1.165) is 19.3 Å². The van der Waals surface area contributed by atoms with Crippen LogP contribution in [-0.4, -0.2) is 59.6 Å². The van der Waals surface area contributed by atoms with Crippen molar-refractivity contribution < 1.29 is 24.8 Å². The molecule has 0 aliphatic carbocycles. The third-order valence-corrected chi connectivity index (χ3v) is 5.44. The number of ether oxygens (including phenoxy) is 2. The van der Waals surface area contributed by atoms with Crippen molar-refractivity contribution in [3.8, 4) is 0 Å². The molecule has 1 heterocycles. The van der Waals surface area contributed by atoms with Gasteiger partial charge in [-0.1, -0.05) is 70.4 Å². The summed E-state index contributed by atoms with van der Waals surface area (Å²) >= 11 is 0. The molecular weight excluding hydrogens is 356 g/mol. The first-order chi connectivity index (χ1) is 13.7. The molecule has 0 amide bonds. The minimum atomic E-state index is -1.15. The molecule has 0 aromatic rings. The summed E-state index contributed by atoms with van der Waals surface area (Å²) in [5, 5.41) is 28.8. The molecule has 5 heteroatoms. The SMILES string of the molecule is CCCCCCCCCCC/C=C/CCCCOC[C@H]1OC[C@H](O)[C@@H](O)[C@@H]1O. The molecule has 166 valence electrons. The average molecular weight is 401 g/mol. The van der Waals surface area contributed by atoms with E-state index in [1.165, 1.54) is 64.2 Å². The second kappa shape index (κ2) is 17.4. The predicted octanol–water partition coefficient (Wildman–Crippen LogP) is 4.13. The minimum Gasteiger partial charge on any atom is -0.388 e. The average Bonchev–Trinajstić information content (AvgIpc) is 2.70. The molecule has 0 radical (unpaired) electrons. The zero-order valence-electron chi connectivity index (χ0n) is 17.9. The van der Waals surface area contributed by atoms with Gasteiger partial charge < -0.3 is 24.8 Å². The van der Waals surface area contributed by atoms with E-state index >= 15 is 0 Å². The van der Waals surface area contributed by atoms with Gasteiger partial charge in [-0.25, -0.2) is 0 Å². The molecule has 3 N–H and O–H groups in total. The predicted molar refractivity (Wildman–Crippen MR) is 113 cm³/mol. The summed E-state index contributed by atoms with van der Waals surface area (Å²) in [7, 11) is 0. The second-order valence-corrected chi connectivity index (χ2v) is 8.08. The van der Waals surface area contributed by atoms with E-state index < -0.39 is 24.4 Å². The van der Waals surface area contributed by atoms with Gasteiger partial charge in [0.25, 0.3) is 0 Å². The van der Waals surface area contributed by atoms with Gasteiger partial charge in [-0.2, -0.15) is 0 Å². The van der Waals surface area contributed by atoms with Gasteiger partial charge >= 0.3 is 0 Å². The largest absolute Gasteiger partial charge is 0.388 e. The molecule has 1 fully saturated rings. The molecule has 1 aliphatic heterocycles. The van der Waals surface area contributed by atoms with Crippen LogP contribution in [0.2, 0.25) is 0 Å². The summed E-state index contributed by atoms with van der Waals surface area (Å²) in [4.78, 5) is 0. The van der Waals surface area contributed by atoms with Gasteiger partial charge in [-0.15, -0.1) is 0 Å². The van der Waals surface area contributed by atoms with E-state index in [2.05, 4.69) is 19.1 Å². The number of unbranched alkanes of at least 4 members (excludes halogenated alkanes) is 11. The maximum atomic E-state index is 9.82. The van der Waals surface area contributed by atoms with Crippen molar-refractivity contribution in [3.63, 3.8) is 0 Å². The van der Waals surface area contributed by atoms with E-state index in [0.29, 0.717) is 6.61 Å². The van der Waals surface area contributed by atoms with Crippen molar-refractivity contribution in [2.45, 2.75) is 115 Å². The Bertz CT molecular complexity index is 374. The molecule has 0 aromatic heterocycles. The van der Waals surface area contributed by atoms with Gasteiger partial charge in [0, 0.05) is 6.61 Å². The van der Waals surface area contributed by atoms with Crippen molar-refractivity contribution >= 4 is 0 Å². The molecule has 5 nitrogen and oxygen atoms in total. The van der Waals surface area contributed by atoms with Crippen LogP contribution in [0, 0.1) is 0 Å². The summed E-state index contributed by atoms with van der Waals surface area (Å²) in [6.45, 7) is 3.17. The van der Waals surface area contributed by atoms with Crippen LogP contribution in [-0.2, 0) is 9.47 Å². The highest BCUT2D eigenvalue weighted by atomic mass is 16.6. The molecule has 0 saturated carbocycles. The fourth-order valence-corrected chi connectivity index (χ4v) is 3.49. The lowest BCUT2D eigenvalue weighted by molar-refractivity contribution is -0.199. The van der Waals surface area contributed by atoms with Crippen molar-refractivity contribution in [1.82, 2.24) is 0 Å². The van der Waals surface area contributed by atoms with Crippen molar-refractivity contribution in [1.29, 1.82) is 0 Å². The zero-order chi connectivity index (χ0) is 20.5. The maximum absolute atomic E-state index is 9.82. The molecular formula is C23H44O5. The fraction of sp³-hybridized carbons (Fsp3) is 0.913. The van der Waals surface area contributed by atoms with Gasteiger partial charge in [0.1, 0.15) is 24.4 Å². The summed E-state index contributed by atoms with van der Waals surface area (Å²) in [5.74, 6) is 0. The van der Waals surface area contributed by atoms with Crippen LogP contribution < -0.4 is 0 Å². The minimum absolute atomic E-state index is 0.0377. The first-order valence-corrected chi connectivity index (χ1v) is 11.5. The third kappa shape index (κ3) is 12.2. The highest BCUT2D eigenvalue weighted by Gasteiger charge is 2.37. The fourth-order valence-electron chi connectivity index (χ4n) is 3.49. The Kier molecular flexibility index (Phi) is 15.9. The summed E-state index contributed by atoms with van der Waals surface area (Å²) in [6, 6.07) is 0. The van der Waals surface area contributed by atoms with Crippen LogP contribution in [0.1, 0.15) is 90.4 Å². The summed E-state index contributed by atoms with van der Waals surface area (Å²) in [5.41, 5.74) is 0. The number of aliphatic hydroxyl groups is 3. The van der Waals surface area contributed by atoms with Gasteiger partial charge in [-0.05, 0) is 32.1 Å². The molecule has 4 atom stereocenters. The Morgan fingerprint density at radius 1 is 0.786 bits per heavy atom. The van der Waals surface area contributed by atoms with Gasteiger partial charge in [0.15, 0.2) is 0 Å². The molecule has 28 heavy (non-hydrogen) atoms. The van der Waals surface area contributed by atoms with Crippen LogP contribution in [0.5, 0.6) is 0 Å². The lowest BCUT2D eigenvalue weighted by Crippen LogP contribution is -2.54. The molecule has 0 unspecified atom stereocenters. The molecule has 0 spiro atoms. The van der Waals surface area contributed by atoms with Crippen LogP contribution in [0.4, 0.5) is 0 Å². The molecule has 1 aliphatic rings. The lowest BCUT2D eigenvalue weighted by atomic mass is 10.0. The van der Waals surface area contributed by atoms with Gasteiger partial charge in [-0.3, -0.25) is 0 Å². The van der Waals surface area contributed by atoms with E-state index in [4.69, 9.17) is 9.47 Å². The number of hydrogen-bond donors (Lipinski definition) is 3. The zero-order valence-corrected chi connectivity index (χ0v) is 17.9. The maximum Gasteiger partial charge on any atom is 0.111 e. The number of allylic oxidation sites excluding steroid dienone is 2. The summed E-state index contributed by atoms with van der Waals surface area (Å²) in [6.07, 6.45) is 17.5. The van der Waals surface area contributed by atoms with Crippen LogP contribution in [0.3, 0.4) is 0 Å². The Labute approximate surface area is 172 Å². The number of hydrogen-bond acceptors (Lipinski definition) is 5. The highest BCUT2D eigenvalue weighted by molar-refractivity contribution is 4.86. The smallest absolute Gasteiger partial charge is 0.111 e. The highest BCUT2D eigenvalue weighted by Crippen LogP contribution is 2.16. The molecule has 1 rings (SSSR count). The Morgan fingerprint density at radius 3 is 2.00 bits per heavy atom. The van der Waals surface area contributed by atoms with Crippen LogP contribution in [0.25, 0.3) is 0 Å². The molecule has 0 aromatic carbocycles. The topological polar surface area (TPSA) is 79.2 Å². The standard InChI is InChI=1S/C23H44O5/c1-2-3-4-5-6-7-8-9-10-11-12-13-14-15-16-17-27-19-21-23(26)22(25)20(24)18-28-21/h12-13,20-26H,2-11,14-19H2,1H3/b13-12+/t20-,21+,22+,23+/m0/s1. The monoisotopic (exact) mass is 400 g/mol. The molecule has 1 saturated heterocycles. The van der Waals surface area contributed by atoms with E-state index in [1.807, 2.05) is 0 Å². The second-order valence-electron chi connectivity index (χ2n) is 8.08. The van der Waals surface area contributed by atoms with Gasteiger partial charge in [0.2, 0.25) is 0 Å². The summed E-state index contributed by atoms with van der Waals surface area (Å²) < 4.78 is 10.8.